The summed E-state index contributed by atoms with van der Waals surface area (Å²) in [6.07, 6.45) is 0. The first kappa shape index (κ1) is 14.1. The zero-order chi connectivity index (χ0) is 15.0. The van der Waals surface area contributed by atoms with Crippen LogP contribution in [0.25, 0.3) is 10.1 Å². The number of hydrogen-bond acceptors (Lipinski definition) is 2. The number of benzene rings is 2. The fourth-order valence-electron chi connectivity index (χ4n) is 2.17. The van der Waals surface area contributed by atoms with Gasteiger partial charge < -0.3 is 5.32 Å². The highest BCUT2D eigenvalue weighted by Crippen LogP contribution is 2.35. The van der Waals surface area contributed by atoms with Crippen molar-refractivity contribution in [1.29, 1.82) is 0 Å². The summed E-state index contributed by atoms with van der Waals surface area (Å²) in [5.41, 5.74) is 3.14. The average molecular weight is 316 g/mol. The van der Waals surface area contributed by atoms with Crippen molar-refractivity contribution in [1.82, 2.24) is 0 Å². The molecule has 0 aliphatic rings. The van der Waals surface area contributed by atoms with Crippen LogP contribution in [0.15, 0.2) is 42.5 Å². The van der Waals surface area contributed by atoms with Crippen molar-refractivity contribution in [2.24, 2.45) is 0 Å². The minimum atomic E-state index is -0.163. The molecule has 1 amide bonds. The van der Waals surface area contributed by atoms with Gasteiger partial charge in [-0.15, -0.1) is 11.3 Å². The molecule has 2 aromatic carbocycles. The van der Waals surface area contributed by atoms with Crippen LogP contribution in [0.4, 0.5) is 5.69 Å². The van der Waals surface area contributed by atoms with Gasteiger partial charge in [0.05, 0.1) is 5.02 Å². The molecule has 1 heterocycles. The van der Waals surface area contributed by atoms with E-state index in [1.807, 2.05) is 56.3 Å². The third-order valence-electron chi connectivity index (χ3n) is 3.51. The van der Waals surface area contributed by atoms with Crippen LogP contribution >= 0.6 is 22.9 Å². The number of aryl methyl sites for hydroxylation is 2. The first-order valence-electron chi connectivity index (χ1n) is 6.62. The highest BCUT2D eigenvalue weighted by molar-refractivity contribution is 7.21. The summed E-state index contributed by atoms with van der Waals surface area (Å²) in [4.78, 5) is 13.0. The molecule has 2 nitrogen and oxygen atoms in total. The SMILES string of the molecule is Cc1ccc(NC(=O)c2sc3ccccc3c2Cl)cc1C. The van der Waals surface area contributed by atoms with E-state index in [2.05, 4.69) is 5.32 Å². The van der Waals surface area contributed by atoms with Gasteiger partial charge in [-0.3, -0.25) is 4.79 Å². The van der Waals surface area contributed by atoms with E-state index in [1.165, 1.54) is 16.9 Å². The monoisotopic (exact) mass is 315 g/mol. The second-order valence-electron chi connectivity index (χ2n) is 4.99. The van der Waals surface area contributed by atoms with Gasteiger partial charge >= 0.3 is 0 Å². The van der Waals surface area contributed by atoms with E-state index in [0.29, 0.717) is 9.90 Å². The fourth-order valence-corrected chi connectivity index (χ4v) is 3.58. The molecular formula is C17H14ClNOS. The lowest BCUT2D eigenvalue weighted by atomic mass is 10.1. The van der Waals surface area contributed by atoms with E-state index in [0.717, 1.165) is 21.3 Å². The third-order valence-corrected chi connectivity index (χ3v) is 5.18. The van der Waals surface area contributed by atoms with Gasteiger partial charge in [-0.1, -0.05) is 35.9 Å². The van der Waals surface area contributed by atoms with Gasteiger partial charge in [0.2, 0.25) is 0 Å². The van der Waals surface area contributed by atoms with Crippen LogP contribution in [0.3, 0.4) is 0 Å². The number of hydrogen-bond donors (Lipinski definition) is 1. The lowest BCUT2D eigenvalue weighted by Gasteiger charge is -2.06. The normalized spacial score (nSPS) is 10.8. The van der Waals surface area contributed by atoms with Crippen LogP contribution < -0.4 is 5.32 Å². The molecule has 106 valence electrons. The molecule has 0 saturated carbocycles. The number of halogens is 1. The predicted octanol–water partition coefficient (Wildman–Crippen LogP) is 5.42. The Bertz CT molecular complexity index is 838. The average Bonchev–Trinajstić information content (AvgIpc) is 2.81. The molecule has 4 heteroatoms. The summed E-state index contributed by atoms with van der Waals surface area (Å²) >= 11 is 7.74. The van der Waals surface area contributed by atoms with Crippen molar-refractivity contribution in [2.75, 3.05) is 5.32 Å². The molecule has 3 aromatic rings. The maximum absolute atomic E-state index is 12.4. The molecule has 0 fully saturated rings. The van der Waals surface area contributed by atoms with Gasteiger partial charge in [-0.05, 0) is 43.2 Å². The van der Waals surface area contributed by atoms with E-state index in [4.69, 9.17) is 11.6 Å². The topological polar surface area (TPSA) is 29.1 Å². The van der Waals surface area contributed by atoms with Gasteiger partial charge in [0.25, 0.3) is 5.91 Å². The third kappa shape index (κ3) is 2.67. The lowest BCUT2D eigenvalue weighted by molar-refractivity contribution is 0.103. The molecule has 21 heavy (non-hydrogen) atoms. The fraction of sp³-hybridized carbons (Fsp3) is 0.118. The van der Waals surface area contributed by atoms with Crippen LogP contribution in [0.5, 0.6) is 0 Å². The van der Waals surface area contributed by atoms with Crippen molar-refractivity contribution in [3.63, 3.8) is 0 Å². The van der Waals surface area contributed by atoms with Gasteiger partial charge in [0.15, 0.2) is 0 Å². The van der Waals surface area contributed by atoms with E-state index >= 15 is 0 Å². The van der Waals surface area contributed by atoms with Gasteiger partial charge in [0.1, 0.15) is 4.88 Å². The zero-order valence-electron chi connectivity index (χ0n) is 11.7. The summed E-state index contributed by atoms with van der Waals surface area (Å²) in [6, 6.07) is 13.6. The first-order chi connectivity index (χ1) is 10.1. The minimum absolute atomic E-state index is 0.163. The molecule has 1 aromatic heterocycles. The Hall–Kier alpha value is -1.84. The van der Waals surface area contributed by atoms with E-state index in [1.54, 1.807) is 0 Å². The number of fused-ring (bicyclic) bond motifs is 1. The minimum Gasteiger partial charge on any atom is -0.321 e. The molecular weight excluding hydrogens is 302 g/mol. The Kier molecular flexibility index (Phi) is 3.70. The van der Waals surface area contributed by atoms with Crippen LogP contribution in [-0.2, 0) is 0 Å². The maximum atomic E-state index is 12.4. The quantitative estimate of drug-likeness (QED) is 0.671. The Morgan fingerprint density at radius 3 is 2.57 bits per heavy atom. The van der Waals surface area contributed by atoms with Gasteiger partial charge in [0, 0.05) is 15.8 Å². The summed E-state index contributed by atoms with van der Waals surface area (Å²) in [6.45, 7) is 4.07. The number of anilines is 1. The second kappa shape index (κ2) is 5.51. The Balaban J connectivity index is 1.93. The Morgan fingerprint density at radius 1 is 1.10 bits per heavy atom. The van der Waals surface area contributed by atoms with Gasteiger partial charge in [-0.25, -0.2) is 0 Å². The largest absolute Gasteiger partial charge is 0.321 e. The number of nitrogens with one attached hydrogen (secondary N) is 1. The smallest absolute Gasteiger partial charge is 0.267 e. The number of carbonyl (C=O) groups is 1. The number of amides is 1. The molecule has 0 spiro atoms. The maximum Gasteiger partial charge on any atom is 0.267 e. The van der Waals surface area contributed by atoms with Gasteiger partial charge in [-0.2, -0.15) is 0 Å². The summed E-state index contributed by atoms with van der Waals surface area (Å²) in [5, 5.41) is 4.37. The van der Waals surface area contributed by atoms with Crippen molar-refractivity contribution >= 4 is 44.6 Å². The molecule has 1 N–H and O–H groups in total. The molecule has 0 atom stereocenters. The Labute approximate surface area is 132 Å². The van der Waals surface area contributed by atoms with Crippen molar-refractivity contribution < 1.29 is 4.79 Å². The number of carbonyl (C=O) groups excluding carboxylic acids is 1. The highest BCUT2D eigenvalue weighted by Gasteiger charge is 2.17. The molecule has 3 rings (SSSR count). The molecule has 0 aliphatic carbocycles. The standard InChI is InChI=1S/C17H14ClNOS/c1-10-7-8-12(9-11(10)2)19-17(20)16-15(18)13-5-3-4-6-14(13)21-16/h3-9H,1-2H3,(H,19,20). The summed E-state index contributed by atoms with van der Waals surface area (Å²) in [7, 11) is 0. The van der Waals surface area contributed by atoms with Crippen LogP contribution in [0, 0.1) is 13.8 Å². The molecule has 0 aliphatic heterocycles. The number of rotatable bonds is 2. The Morgan fingerprint density at radius 2 is 1.86 bits per heavy atom. The second-order valence-corrected chi connectivity index (χ2v) is 6.42. The van der Waals surface area contributed by atoms with Crippen molar-refractivity contribution in [3.05, 3.63) is 63.5 Å². The molecule has 0 radical (unpaired) electrons. The highest BCUT2D eigenvalue weighted by atomic mass is 35.5. The summed E-state index contributed by atoms with van der Waals surface area (Å²) < 4.78 is 1.02. The molecule has 0 saturated heterocycles. The molecule has 0 unspecified atom stereocenters. The zero-order valence-corrected chi connectivity index (χ0v) is 13.3. The lowest BCUT2D eigenvalue weighted by Crippen LogP contribution is -2.10. The predicted molar refractivity (Wildman–Crippen MR) is 90.7 cm³/mol. The first-order valence-corrected chi connectivity index (χ1v) is 7.81. The van der Waals surface area contributed by atoms with Crippen LogP contribution in [0.1, 0.15) is 20.8 Å². The van der Waals surface area contributed by atoms with E-state index < -0.39 is 0 Å². The van der Waals surface area contributed by atoms with E-state index in [9.17, 15) is 4.79 Å². The van der Waals surface area contributed by atoms with Crippen LogP contribution in [-0.4, -0.2) is 5.91 Å². The van der Waals surface area contributed by atoms with Crippen LogP contribution in [0.2, 0.25) is 5.02 Å². The summed E-state index contributed by atoms with van der Waals surface area (Å²) in [5.74, 6) is -0.163. The van der Waals surface area contributed by atoms with E-state index in [-0.39, 0.29) is 5.91 Å². The number of thiophene rings is 1. The van der Waals surface area contributed by atoms with Crippen molar-refractivity contribution in [3.8, 4) is 0 Å². The molecule has 0 bridgehead atoms. The van der Waals surface area contributed by atoms with Crippen molar-refractivity contribution in [2.45, 2.75) is 13.8 Å².